The van der Waals surface area contributed by atoms with E-state index in [0.717, 1.165) is 39.4 Å². The Morgan fingerprint density at radius 1 is 1.18 bits per heavy atom. The van der Waals surface area contributed by atoms with Crippen molar-refractivity contribution in [1.29, 1.82) is 5.26 Å². The van der Waals surface area contributed by atoms with Crippen LogP contribution in [-0.4, -0.2) is 55.2 Å². The highest BCUT2D eigenvalue weighted by Crippen LogP contribution is 2.21. The van der Waals surface area contributed by atoms with Gasteiger partial charge in [-0.15, -0.1) is 0 Å². The number of hydrogen-bond donors (Lipinski definition) is 0. The third kappa shape index (κ3) is 3.86. The van der Waals surface area contributed by atoms with E-state index in [2.05, 4.69) is 11.1 Å². The minimum atomic E-state index is 0.509. The normalized spacial score (nSPS) is 23.2. The topological polar surface area (TPSA) is 39.5 Å². The molecular weight excluding hydrogens is 214 g/mol. The van der Waals surface area contributed by atoms with E-state index in [1.807, 2.05) is 4.90 Å². The molecule has 0 unspecified atom stereocenters. The minimum absolute atomic E-state index is 0.509. The predicted octanol–water partition coefficient (Wildman–Crippen LogP) is 1.43. The van der Waals surface area contributed by atoms with Crippen LogP contribution in [0, 0.1) is 11.5 Å². The van der Waals surface area contributed by atoms with E-state index in [1.54, 1.807) is 0 Å². The van der Waals surface area contributed by atoms with Gasteiger partial charge in [-0.1, -0.05) is 19.3 Å². The zero-order chi connectivity index (χ0) is 11.9. The van der Waals surface area contributed by atoms with Crippen LogP contribution >= 0.6 is 0 Å². The smallest absolute Gasteiger partial charge is 0.179 e. The SMILES string of the molecule is N#CN(CCN1CCOCC1)C1CCCCC1. The summed E-state index contributed by atoms with van der Waals surface area (Å²) in [6.07, 6.45) is 8.73. The second-order valence-electron chi connectivity index (χ2n) is 5.04. The van der Waals surface area contributed by atoms with Crippen LogP contribution in [0.1, 0.15) is 32.1 Å². The van der Waals surface area contributed by atoms with Crippen LogP contribution in [0.3, 0.4) is 0 Å². The van der Waals surface area contributed by atoms with E-state index < -0.39 is 0 Å². The molecule has 2 fully saturated rings. The highest BCUT2D eigenvalue weighted by Gasteiger charge is 2.20. The average molecular weight is 237 g/mol. The summed E-state index contributed by atoms with van der Waals surface area (Å²) in [5.41, 5.74) is 0. The lowest BCUT2D eigenvalue weighted by Gasteiger charge is -2.33. The molecule has 0 spiro atoms. The molecule has 1 saturated heterocycles. The number of ether oxygens (including phenoxy) is 1. The maximum absolute atomic E-state index is 9.24. The first kappa shape index (κ1) is 12.7. The molecule has 4 heteroatoms. The summed E-state index contributed by atoms with van der Waals surface area (Å²) in [4.78, 5) is 4.41. The lowest BCUT2D eigenvalue weighted by Crippen LogP contribution is -2.43. The fourth-order valence-corrected chi connectivity index (χ4v) is 2.78. The number of nitrogens with zero attached hydrogens (tertiary/aromatic N) is 3. The van der Waals surface area contributed by atoms with E-state index in [4.69, 9.17) is 4.74 Å². The van der Waals surface area contributed by atoms with Gasteiger partial charge in [0.15, 0.2) is 6.19 Å². The van der Waals surface area contributed by atoms with E-state index in [-0.39, 0.29) is 0 Å². The van der Waals surface area contributed by atoms with Crippen molar-refractivity contribution in [1.82, 2.24) is 9.80 Å². The molecule has 0 aromatic carbocycles. The molecule has 17 heavy (non-hydrogen) atoms. The average Bonchev–Trinajstić information content (AvgIpc) is 2.42. The standard InChI is InChI=1S/C13H23N3O/c14-12-16(13-4-2-1-3-5-13)7-6-15-8-10-17-11-9-15/h13H,1-11H2. The summed E-state index contributed by atoms with van der Waals surface area (Å²) in [7, 11) is 0. The number of hydrogen-bond acceptors (Lipinski definition) is 4. The molecule has 2 aliphatic rings. The van der Waals surface area contributed by atoms with E-state index in [0.29, 0.717) is 6.04 Å². The summed E-state index contributed by atoms with van der Waals surface area (Å²) in [6.45, 7) is 5.62. The van der Waals surface area contributed by atoms with Crippen molar-refractivity contribution in [3.63, 3.8) is 0 Å². The van der Waals surface area contributed by atoms with Gasteiger partial charge in [0.2, 0.25) is 0 Å². The van der Waals surface area contributed by atoms with Crippen LogP contribution in [0.5, 0.6) is 0 Å². The van der Waals surface area contributed by atoms with Crippen molar-refractivity contribution >= 4 is 0 Å². The van der Waals surface area contributed by atoms with Crippen LogP contribution in [-0.2, 0) is 4.74 Å². The quantitative estimate of drug-likeness (QED) is 0.548. The van der Waals surface area contributed by atoms with Gasteiger partial charge < -0.3 is 9.64 Å². The molecule has 1 heterocycles. The summed E-state index contributed by atoms with van der Waals surface area (Å²) in [6, 6.07) is 0.509. The number of nitriles is 1. The van der Waals surface area contributed by atoms with E-state index in [9.17, 15) is 5.26 Å². The van der Waals surface area contributed by atoms with Crippen molar-refractivity contribution in [2.24, 2.45) is 0 Å². The molecule has 0 N–H and O–H groups in total. The molecule has 1 saturated carbocycles. The maximum Gasteiger partial charge on any atom is 0.179 e. The molecule has 1 aliphatic heterocycles. The van der Waals surface area contributed by atoms with Gasteiger partial charge in [-0.2, -0.15) is 5.26 Å². The largest absolute Gasteiger partial charge is 0.379 e. The van der Waals surface area contributed by atoms with E-state index in [1.165, 1.54) is 32.1 Å². The second kappa shape index (κ2) is 6.83. The molecule has 2 rings (SSSR count). The van der Waals surface area contributed by atoms with Crippen molar-refractivity contribution in [3.05, 3.63) is 0 Å². The molecule has 1 aliphatic carbocycles. The Kier molecular flexibility index (Phi) is 5.08. The Balaban J connectivity index is 1.72. The Morgan fingerprint density at radius 3 is 2.53 bits per heavy atom. The summed E-state index contributed by atoms with van der Waals surface area (Å²) in [5, 5.41) is 9.24. The summed E-state index contributed by atoms with van der Waals surface area (Å²) < 4.78 is 5.33. The molecule has 0 amide bonds. The Morgan fingerprint density at radius 2 is 1.88 bits per heavy atom. The van der Waals surface area contributed by atoms with Crippen LogP contribution in [0.15, 0.2) is 0 Å². The Labute approximate surface area is 104 Å². The van der Waals surface area contributed by atoms with Gasteiger partial charge in [-0.05, 0) is 12.8 Å². The molecule has 4 nitrogen and oxygen atoms in total. The Bertz CT molecular complexity index is 252. The molecule has 0 aromatic rings. The fraction of sp³-hybridized carbons (Fsp3) is 0.923. The zero-order valence-electron chi connectivity index (χ0n) is 10.6. The van der Waals surface area contributed by atoms with Gasteiger partial charge in [-0.3, -0.25) is 4.90 Å². The molecule has 0 atom stereocenters. The van der Waals surface area contributed by atoms with Crippen molar-refractivity contribution in [3.8, 4) is 6.19 Å². The molecule has 0 bridgehead atoms. The van der Waals surface area contributed by atoms with Gasteiger partial charge in [-0.25, -0.2) is 0 Å². The first-order chi connectivity index (χ1) is 8.40. The highest BCUT2D eigenvalue weighted by atomic mass is 16.5. The van der Waals surface area contributed by atoms with Crippen LogP contribution in [0.2, 0.25) is 0 Å². The number of rotatable bonds is 4. The minimum Gasteiger partial charge on any atom is -0.379 e. The van der Waals surface area contributed by atoms with E-state index >= 15 is 0 Å². The van der Waals surface area contributed by atoms with Crippen molar-refractivity contribution < 1.29 is 4.74 Å². The van der Waals surface area contributed by atoms with Gasteiger partial charge >= 0.3 is 0 Å². The first-order valence-corrected chi connectivity index (χ1v) is 6.86. The predicted molar refractivity (Wildman–Crippen MR) is 66.5 cm³/mol. The van der Waals surface area contributed by atoms with Gasteiger partial charge in [0.25, 0.3) is 0 Å². The third-order valence-corrected chi connectivity index (χ3v) is 3.90. The lowest BCUT2D eigenvalue weighted by atomic mass is 9.94. The van der Waals surface area contributed by atoms with Crippen molar-refractivity contribution in [2.45, 2.75) is 38.1 Å². The number of morpholine rings is 1. The summed E-state index contributed by atoms with van der Waals surface area (Å²) in [5.74, 6) is 0. The second-order valence-corrected chi connectivity index (χ2v) is 5.04. The van der Waals surface area contributed by atoms with Crippen LogP contribution in [0.4, 0.5) is 0 Å². The maximum atomic E-state index is 9.24. The summed E-state index contributed by atoms with van der Waals surface area (Å²) >= 11 is 0. The lowest BCUT2D eigenvalue weighted by molar-refractivity contribution is 0.0335. The molecule has 96 valence electrons. The monoisotopic (exact) mass is 237 g/mol. The van der Waals surface area contributed by atoms with Crippen LogP contribution < -0.4 is 0 Å². The first-order valence-electron chi connectivity index (χ1n) is 6.86. The highest BCUT2D eigenvalue weighted by molar-refractivity contribution is 4.85. The molecule has 0 aromatic heterocycles. The molecular formula is C13H23N3O. The van der Waals surface area contributed by atoms with Gasteiger partial charge in [0.05, 0.1) is 13.2 Å². The van der Waals surface area contributed by atoms with Crippen molar-refractivity contribution in [2.75, 3.05) is 39.4 Å². The third-order valence-electron chi connectivity index (χ3n) is 3.90. The van der Waals surface area contributed by atoms with Gasteiger partial charge in [0.1, 0.15) is 0 Å². The fourth-order valence-electron chi connectivity index (χ4n) is 2.78. The molecule has 0 radical (unpaired) electrons. The zero-order valence-corrected chi connectivity index (χ0v) is 10.6. The van der Waals surface area contributed by atoms with Gasteiger partial charge in [0, 0.05) is 32.2 Å². The van der Waals surface area contributed by atoms with Crippen LogP contribution in [0.25, 0.3) is 0 Å². The Hall–Kier alpha value is -0.790.